The monoisotopic (exact) mass is 330 g/mol. The number of amides is 1. The van der Waals surface area contributed by atoms with Crippen LogP contribution in [0.25, 0.3) is 0 Å². The van der Waals surface area contributed by atoms with Crippen LogP contribution in [0, 0.1) is 5.92 Å². The smallest absolute Gasteiger partial charge is 0.227 e. The van der Waals surface area contributed by atoms with E-state index in [1.165, 1.54) is 25.0 Å². The van der Waals surface area contributed by atoms with E-state index in [0.717, 1.165) is 44.8 Å². The molecule has 6 heteroatoms. The van der Waals surface area contributed by atoms with E-state index in [9.17, 15) is 4.79 Å². The number of hydrogen-bond donors (Lipinski definition) is 0. The summed E-state index contributed by atoms with van der Waals surface area (Å²) < 4.78 is 5.36. The molecule has 0 aromatic carbocycles. The number of hydrogen-bond acceptors (Lipinski definition) is 5. The summed E-state index contributed by atoms with van der Waals surface area (Å²) in [5, 5.41) is 0. The largest absolute Gasteiger partial charge is 0.378 e. The molecule has 1 aromatic rings. The molecule has 1 aromatic heterocycles. The minimum Gasteiger partial charge on any atom is -0.378 e. The van der Waals surface area contributed by atoms with E-state index in [-0.39, 0.29) is 11.8 Å². The van der Waals surface area contributed by atoms with Crippen LogP contribution in [-0.4, -0.2) is 60.2 Å². The van der Waals surface area contributed by atoms with Crippen LogP contribution in [0.3, 0.4) is 0 Å². The Labute approximate surface area is 143 Å². The summed E-state index contributed by atoms with van der Waals surface area (Å²) in [6.45, 7) is 4.55. The third kappa shape index (κ3) is 3.24. The van der Waals surface area contributed by atoms with Crippen LogP contribution in [0.5, 0.6) is 0 Å². The quantitative estimate of drug-likeness (QED) is 0.846. The van der Waals surface area contributed by atoms with E-state index >= 15 is 0 Å². The molecule has 1 unspecified atom stereocenters. The zero-order chi connectivity index (χ0) is 16.4. The molecular formula is C18H26N4O2. The van der Waals surface area contributed by atoms with Crippen molar-refractivity contribution in [1.29, 1.82) is 0 Å². The van der Waals surface area contributed by atoms with Crippen LogP contribution in [0.15, 0.2) is 12.4 Å². The Hall–Kier alpha value is -1.69. The zero-order valence-corrected chi connectivity index (χ0v) is 14.2. The molecule has 130 valence electrons. The molecule has 0 radical (unpaired) electrons. The Kier molecular flexibility index (Phi) is 4.65. The van der Waals surface area contributed by atoms with E-state index in [1.54, 1.807) is 6.33 Å². The van der Waals surface area contributed by atoms with Crippen molar-refractivity contribution in [1.82, 2.24) is 14.9 Å². The lowest BCUT2D eigenvalue weighted by Crippen LogP contribution is -2.48. The Morgan fingerprint density at radius 1 is 1.08 bits per heavy atom. The summed E-state index contributed by atoms with van der Waals surface area (Å²) in [5.41, 5.74) is 1.17. The van der Waals surface area contributed by atoms with Gasteiger partial charge in [0.2, 0.25) is 5.91 Å². The molecule has 3 heterocycles. The first-order valence-corrected chi connectivity index (χ1v) is 9.24. The minimum absolute atomic E-state index is 0.0824. The number of anilines is 1. The van der Waals surface area contributed by atoms with Crippen molar-refractivity contribution in [3.05, 3.63) is 18.1 Å². The normalized spacial score (nSPS) is 25.4. The Bertz CT molecular complexity index is 584. The van der Waals surface area contributed by atoms with Crippen molar-refractivity contribution in [2.24, 2.45) is 5.92 Å². The average molecular weight is 330 g/mol. The van der Waals surface area contributed by atoms with E-state index in [1.807, 2.05) is 4.90 Å². The Morgan fingerprint density at radius 3 is 2.67 bits per heavy atom. The van der Waals surface area contributed by atoms with Crippen molar-refractivity contribution in [3.8, 4) is 0 Å². The fourth-order valence-corrected chi connectivity index (χ4v) is 3.89. The van der Waals surface area contributed by atoms with Gasteiger partial charge in [0.15, 0.2) is 0 Å². The van der Waals surface area contributed by atoms with Gasteiger partial charge in [-0.3, -0.25) is 4.79 Å². The predicted octanol–water partition coefficient (Wildman–Crippen LogP) is 1.82. The number of carbonyl (C=O) groups is 1. The molecule has 3 fully saturated rings. The first-order chi connectivity index (χ1) is 11.8. The van der Waals surface area contributed by atoms with Crippen molar-refractivity contribution in [3.63, 3.8) is 0 Å². The maximum atomic E-state index is 12.8. The molecule has 2 aliphatic heterocycles. The Morgan fingerprint density at radius 2 is 1.92 bits per heavy atom. The van der Waals surface area contributed by atoms with Crippen molar-refractivity contribution in [2.75, 3.05) is 44.3 Å². The molecule has 0 N–H and O–H groups in total. The maximum absolute atomic E-state index is 12.8. The van der Waals surface area contributed by atoms with Gasteiger partial charge in [-0.25, -0.2) is 9.97 Å². The highest BCUT2D eigenvalue weighted by molar-refractivity contribution is 5.79. The van der Waals surface area contributed by atoms with Crippen LogP contribution in [0.1, 0.15) is 43.7 Å². The average Bonchev–Trinajstić information content (AvgIpc) is 2.61. The van der Waals surface area contributed by atoms with Gasteiger partial charge in [-0.05, 0) is 25.7 Å². The maximum Gasteiger partial charge on any atom is 0.227 e. The zero-order valence-electron chi connectivity index (χ0n) is 14.2. The molecule has 0 spiro atoms. The molecule has 1 amide bonds. The SMILES string of the molecule is O=C(C1CCCN(c2cc(C3CCC3)ncn2)C1)N1CCOCC1. The molecule has 24 heavy (non-hydrogen) atoms. The number of nitrogens with zero attached hydrogens (tertiary/aromatic N) is 4. The van der Waals surface area contributed by atoms with Gasteiger partial charge in [0.1, 0.15) is 12.1 Å². The van der Waals surface area contributed by atoms with Crippen molar-refractivity contribution in [2.45, 2.75) is 38.0 Å². The van der Waals surface area contributed by atoms with Crippen LogP contribution in [0.2, 0.25) is 0 Å². The lowest BCUT2D eigenvalue weighted by molar-refractivity contribution is -0.139. The number of carbonyl (C=O) groups excluding carboxylic acids is 1. The third-order valence-electron chi connectivity index (χ3n) is 5.61. The molecule has 4 rings (SSSR count). The van der Waals surface area contributed by atoms with Gasteiger partial charge in [-0.15, -0.1) is 0 Å². The van der Waals surface area contributed by atoms with Crippen LogP contribution in [-0.2, 0) is 9.53 Å². The molecule has 3 aliphatic rings. The molecule has 1 saturated carbocycles. The molecule has 1 aliphatic carbocycles. The van der Waals surface area contributed by atoms with E-state index in [4.69, 9.17) is 4.74 Å². The second-order valence-electron chi connectivity index (χ2n) is 7.15. The number of piperidine rings is 1. The molecule has 0 bridgehead atoms. The standard InChI is InChI=1S/C18H26N4O2/c23-18(21-7-9-24-10-8-21)15-5-2-6-22(12-15)17-11-16(19-13-20-17)14-3-1-4-14/h11,13-15H,1-10,12H2. The second-order valence-corrected chi connectivity index (χ2v) is 7.15. The lowest BCUT2D eigenvalue weighted by atomic mass is 9.83. The minimum atomic E-state index is 0.0824. The van der Waals surface area contributed by atoms with E-state index < -0.39 is 0 Å². The van der Waals surface area contributed by atoms with Gasteiger partial charge < -0.3 is 14.5 Å². The third-order valence-corrected chi connectivity index (χ3v) is 5.61. The summed E-state index contributed by atoms with van der Waals surface area (Å²) in [5.74, 6) is 1.98. The first kappa shape index (κ1) is 15.8. The molecular weight excluding hydrogens is 304 g/mol. The van der Waals surface area contributed by atoms with Crippen molar-refractivity contribution >= 4 is 11.7 Å². The van der Waals surface area contributed by atoms with Gasteiger partial charge >= 0.3 is 0 Å². The summed E-state index contributed by atoms with van der Waals surface area (Å²) in [6.07, 6.45) is 7.51. The molecule has 6 nitrogen and oxygen atoms in total. The summed E-state index contributed by atoms with van der Waals surface area (Å²) in [4.78, 5) is 26.0. The van der Waals surface area contributed by atoms with Gasteiger partial charge in [0.05, 0.1) is 19.1 Å². The first-order valence-electron chi connectivity index (χ1n) is 9.24. The van der Waals surface area contributed by atoms with Gasteiger partial charge in [0, 0.05) is 43.9 Å². The molecule has 1 atom stereocenters. The van der Waals surface area contributed by atoms with Crippen LogP contribution < -0.4 is 4.90 Å². The highest BCUT2D eigenvalue weighted by Gasteiger charge is 2.31. The van der Waals surface area contributed by atoms with E-state index in [2.05, 4.69) is 20.9 Å². The van der Waals surface area contributed by atoms with Crippen molar-refractivity contribution < 1.29 is 9.53 Å². The topological polar surface area (TPSA) is 58.6 Å². The number of morpholine rings is 1. The number of ether oxygens (including phenoxy) is 1. The van der Waals surface area contributed by atoms with Gasteiger partial charge in [-0.2, -0.15) is 0 Å². The lowest BCUT2D eigenvalue weighted by Gasteiger charge is -2.37. The second kappa shape index (κ2) is 7.05. The fraction of sp³-hybridized carbons (Fsp3) is 0.722. The molecule has 2 saturated heterocycles. The highest BCUT2D eigenvalue weighted by Crippen LogP contribution is 2.36. The number of aromatic nitrogens is 2. The van der Waals surface area contributed by atoms with Gasteiger partial charge in [0.25, 0.3) is 0 Å². The summed E-state index contributed by atoms with van der Waals surface area (Å²) >= 11 is 0. The predicted molar refractivity (Wildman–Crippen MR) is 91.0 cm³/mol. The van der Waals surface area contributed by atoms with Gasteiger partial charge in [-0.1, -0.05) is 6.42 Å². The van der Waals surface area contributed by atoms with E-state index in [0.29, 0.717) is 19.1 Å². The number of rotatable bonds is 3. The summed E-state index contributed by atoms with van der Waals surface area (Å²) in [7, 11) is 0. The highest BCUT2D eigenvalue weighted by atomic mass is 16.5. The Balaban J connectivity index is 1.43. The summed E-state index contributed by atoms with van der Waals surface area (Å²) in [6, 6.07) is 2.14. The van der Waals surface area contributed by atoms with Crippen LogP contribution >= 0.6 is 0 Å². The fourth-order valence-electron chi connectivity index (χ4n) is 3.89. The van der Waals surface area contributed by atoms with Crippen LogP contribution in [0.4, 0.5) is 5.82 Å².